The minimum absolute atomic E-state index is 0.0937. The summed E-state index contributed by atoms with van der Waals surface area (Å²) in [5.41, 5.74) is -0.794. The third-order valence-corrected chi connectivity index (χ3v) is 5.42. The Kier molecular flexibility index (Phi) is 3.18. The van der Waals surface area contributed by atoms with E-state index in [0.29, 0.717) is 12.4 Å². The van der Waals surface area contributed by atoms with E-state index in [1.54, 1.807) is 6.92 Å². The fourth-order valence-corrected chi connectivity index (χ4v) is 4.55. The summed E-state index contributed by atoms with van der Waals surface area (Å²) in [6, 6.07) is 0. The molecule has 0 aromatic rings. The van der Waals surface area contributed by atoms with Gasteiger partial charge in [0.05, 0.1) is 5.92 Å². The smallest absolute Gasteiger partial charge is 0.295 e. The lowest BCUT2D eigenvalue weighted by atomic mass is 9.60. The molecule has 2 saturated heterocycles. The van der Waals surface area contributed by atoms with E-state index in [1.807, 2.05) is 6.92 Å². The SMILES string of the molecule is CC(=O)[C@@H]1CC[C@@H](C)[C@@H]2CC[C@@]3(C)O[C@@H](OC=O)[C@]12O3. The summed E-state index contributed by atoms with van der Waals surface area (Å²) in [5, 5.41) is 0. The second kappa shape index (κ2) is 4.53. The van der Waals surface area contributed by atoms with Crippen LogP contribution < -0.4 is 0 Å². The Morgan fingerprint density at radius 3 is 2.75 bits per heavy atom. The monoisotopic (exact) mass is 282 g/mol. The topological polar surface area (TPSA) is 61.8 Å². The van der Waals surface area contributed by atoms with E-state index in [2.05, 4.69) is 6.92 Å². The zero-order valence-corrected chi connectivity index (χ0v) is 12.3. The van der Waals surface area contributed by atoms with Gasteiger partial charge in [-0.2, -0.15) is 0 Å². The second-order valence-electron chi connectivity index (χ2n) is 6.63. The molecule has 1 aliphatic carbocycles. The van der Waals surface area contributed by atoms with Crippen LogP contribution in [-0.4, -0.2) is 29.9 Å². The van der Waals surface area contributed by atoms with Gasteiger partial charge in [-0.05, 0) is 44.9 Å². The summed E-state index contributed by atoms with van der Waals surface area (Å²) in [6.07, 6.45) is 2.72. The van der Waals surface area contributed by atoms with Gasteiger partial charge in [-0.15, -0.1) is 0 Å². The highest BCUT2D eigenvalue weighted by molar-refractivity contribution is 5.80. The minimum atomic E-state index is -0.794. The van der Waals surface area contributed by atoms with E-state index < -0.39 is 17.7 Å². The molecule has 5 nitrogen and oxygen atoms in total. The maximum atomic E-state index is 12.1. The summed E-state index contributed by atoms with van der Waals surface area (Å²) >= 11 is 0. The number of ether oxygens (including phenoxy) is 3. The molecule has 112 valence electrons. The van der Waals surface area contributed by atoms with Gasteiger partial charge in [0.25, 0.3) is 6.47 Å². The highest BCUT2D eigenvalue weighted by atomic mass is 16.8. The first-order valence-electron chi connectivity index (χ1n) is 7.40. The van der Waals surface area contributed by atoms with Crippen molar-refractivity contribution >= 4 is 12.3 Å². The molecule has 3 fully saturated rings. The van der Waals surface area contributed by atoms with Crippen LogP contribution in [0.15, 0.2) is 0 Å². The van der Waals surface area contributed by atoms with Gasteiger partial charge in [0.1, 0.15) is 11.4 Å². The number of carbonyl (C=O) groups excluding carboxylic acids is 2. The molecule has 2 heterocycles. The van der Waals surface area contributed by atoms with Crippen molar-refractivity contribution in [3.63, 3.8) is 0 Å². The van der Waals surface area contributed by atoms with Gasteiger partial charge in [-0.25, -0.2) is 0 Å². The maximum absolute atomic E-state index is 12.1. The number of Topliss-reactive ketones (excluding diaryl/α,β-unsaturated/α-hetero) is 1. The Morgan fingerprint density at radius 2 is 2.10 bits per heavy atom. The molecule has 1 spiro atoms. The van der Waals surface area contributed by atoms with Crippen LogP contribution >= 0.6 is 0 Å². The summed E-state index contributed by atoms with van der Waals surface area (Å²) in [6.45, 7) is 6.05. The molecule has 0 aromatic carbocycles. The molecule has 5 heteroatoms. The van der Waals surface area contributed by atoms with Gasteiger partial charge >= 0.3 is 0 Å². The van der Waals surface area contributed by atoms with Gasteiger partial charge in [-0.3, -0.25) is 9.59 Å². The first-order chi connectivity index (χ1) is 9.43. The molecule has 2 aliphatic heterocycles. The van der Waals surface area contributed by atoms with Crippen LogP contribution in [0.2, 0.25) is 0 Å². The Hall–Kier alpha value is -0.940. The Morgan fingerprint density at radius 1 is 1.35 bits per heavy atom. The Labute approximate surface area is 118 Å². The molecule has 0 radical (unpaired) electrons. The summed E-state index contributed by atoms with van der Waals surface area (Å²) in [5.74, 6) is -0.262. The summed E-state index contributed by atoms with van der Waals surface area (Å²) in [7, 11) is 0. The van der Waals surface area contributed by atoms with Gasteiger partial charge in [0, 0.05) is 6.42 Å². The average Bonchev–Trinajstić information content (AvgIpc) is 2.57. The lowest BCUT2D eigenvalue weighted by molar-refractivity contribution is -0.243. The lowest BCUT2D eigenvalue weighted by Gasteiger charge is -2.52. The fourth-order valence-electron chi connectivity index (χ4n) is 4.55. The van der Waals surface area contributed by atoms with E-state index >= 15 is 0 Å². The molecule has 3 aliphatic rings. The average molecular weight is 282 g/mol. The van der Waals surface area contributed by atoms with Crippen LogP contribution in [0.3, 0.4) is 0 Å². The van der Waals surface area contributed by atoms with Crippen LogP contribution in [0.25, 0.3) is 0 Å². The van der Waals surface area contributed by atoms with Crippen molar-refractivity contribution in [1.82, 2.24) is 0 Å². The van der Waals surface area contributed by atoms with Crippen molar-refractivity contribution in [3.05, 3.63) is 0 Å². The predicted octanol–water partition coefficient (Wildman–Crippen LogP) is 2.03. The summed E-state index contributed by atoms with van der Waals surface area (Å²) < 4.78 is 17.3. The predicted molar refractivity (Wildman–Crippen MR) is 69.5 cm³/mol. The molecule has 6 atom stereocenters. The van der Waals surface area contributed by atoms with Gasteiger partial charge in [0.2, 0.25) is 6.29 Å². The molecule has 0 unspecified atom stereocenters. The van der Waals surface area contributed by atoms with E-state index in [1.165, 1.54) is 0 Å². The van der Waals surface area contributed by atoms with Crippen LogP contribution in [0.1, 0.15) is 46.5 Å². The van der Waals surface area contributed by atoms with Gasteiger partial charge in [-0.1, -0.05) is 6.92 Å². The van der Waals surface area contributed by atoms with E-state index in [-0.39, 0.29) is 17.6 Å². The number of carbonyl (C=O) groups is 2. The van der Waals surface area contributed by atoms with Crippen molar-refractivity contribution in [2.75, 3.05) is 0 Å². The van der Waals surface area contributed by atoms with Crippen LogP contribution in [0.5, 0.6) is 0 Å². The molecular formula is C15H22O5. The molecule has 0 N–H and O–H groups in total. The quantitative estimate of drug-likeness (QED) is 0.741. The summed E-state index contributed by atoms with van der Waals surface area (Å²) in [4.78, 5) is 23.0. The minimum Gasteiger partial charge on any atom is -0.435 e. The van der Waals surface area contributed by atoms with Crippen LogP contribution in [-0.2, 0) is 23.8 Å². The number of rotatable bonds is 3. The molecule has 1 saturated carbocycles. The van der Waals surface area contributed by atoms with Gasteiger partial charge in [0.15, 0.2) is 5.79 Å². The highest BCUT2D eigenvalue weighted by Crippen LogP contribution is 2.59. The standard InChI is InChI=1S/C15H22O5/c1-9-4-5-12(10(2)17)15-11(9)6-7-14(3,20-15)19-13(15)18-8-16/h8-9,11-13H,4-7H2,1-3H3/t9-,11+,12+,13-,14+,15-/m1/s1. The van der Waals surface area contributed by atoms with Gasteiger partial charge < -0.3 is 14.2 Å². The van der Waals surface area contributed by atoms with Crippen molar-refractivity contribution < 1.29 is 23.8 Å². The maximum Gasteiger partial charge on any atom is 0.295 e. The van der Waals surface area contributed by atoms with E-state index in [9.17, 15) is 9.59 Å². The third kappa shape index (κ3) is 1.76. The molecule has 2 bridgehead atoms. The molecule has 0 amide bonds. The van der Waals surface area contributed by atoms with E-state index in [0.717, 1.165) is 25.7 Å². The zero-order valence-electron chi connectivity index (χ0n) is 12.3. The number of ketones is 1. The number of hydrogen-bond donors (Lipinski definition) is 0. The van der Waals surface area contributed by atoms with Crippen molar-refractivity contribution in [2.45, 2.75) is 64.1 Å². The molecule has 20 heavy (non-hydrogen) atoms. The number of fused-ring (bicyclic) bond motifs is 1. The molecule has 3 rings (SSSR count). The fraction of sp³-hybridized carbons (Fsp3) is 0.867. The molecular weight excluding hydrogens is 260 g/mol. The molecule has 0 aromatic heterocycles. The van der Waals surface area contributed by atoms with Crippen molar-refractivity contribution in [3.8, 4) is 0 Å². The van der Waals surface area contributed by atoms with E-state index in [4.69, 9.17) is 14.2 Å². The van der Waals surface area contributed by atoms with Crippen molar-refractivity contribution in [1.29, 1.82) is 0 Å². The van der Waals surface area contributed by atoms with Crippen LogP contribution in [0, 0.1) is 17.8 Å². The Balaban J connectivity index is 2.07. The normalized spacial score (nSPS) is 50.4. The largest absolute Gasteiger partial charge is 0.435 e. The zero-order chi connectivity index (χ0) is 14.5. The second-order valence-corrected chi connectivity index (χ2v) is 6.63. The first-order valence-corrected chi connectivity index (χ1v) is 7.40. The first kappa shape index (κ1) is 14.0. The third-order valence-electron chi connectivity index (χ3n) is 5.42. The Bertz CT molecular complexity index is 436. The van der Waals surface area contributed by atoms with Crippen molar-refractivity contribution in [2.24, 2.45) is 17.8 Å². The van der Waals surface area contributed by atoms with Crippen LogP contribution in [0.4, 0.5) is 0 Å². The lowest BCUT2D eigenvalue weighted by Crippen LogP contribution is -2.61. The number of hydrogen-bond acceptors (Lipinski definition) is 5. The highest BCUT2D eigenvalue weighted by Gasteiger charge is 2.69.